The van der Waals surface area contributed by atoms with Crippen LogP contribution in [0.4, 0.5) is 0 Å². The van der Waals surface area contributed by atoms with Gasteiger partial charge in [0.1, 0.15) is 0 Å². The van der Waals surface area contributed by atoms with Gasteiger partial charge in [-0.3, -0.25) is 4.79 Å². The fourth-order valence-electron chi connectivity index (χ4n) is 2.05. The van der Waals surface area contributed by atoms with Gasteiger partial charge in [-0.1, -0.05) is 12.1 Å². The first-order valence-electron chi connectivity index (χ1n) is 6.96. The summed E-state index contributed by atoms with van der Waals surface area (Å²) in [6.45, 7) is 8.51. The topological polar surface area (TPSA) is 56.9 Å². The third-order valence-corrected chi connectivity index (χ3v) is 3.12. The third kappa shape index (κ3) is 3.84. The van der Waals surface area contributed by atoms with Crippen molar-refractivity contribution in [2.75, 3.05) is 0 Å². The standard InChI is InChI=1S/C16H23N3O/c1-11(15(20)19-16(2,3)4)18-10-12-5-6-13-7-8-17-14(13)9-12/h5-9,11,17-18H,10H2,1-4H3,(H,19,20). The van der Waals surface area contributed by atoms with Crippen molar-refractivity contribution in [2.45, 2.75) is 45.8 Å². The Balaban J connectivity index is 1.92. The van der Waals surface area contributed by atoms with Crippen LogP contribution in [-0.4, -0.2) is 22.5 Å². The van der Waals surface area contributed by atoms with Crippen LogP contribution in [0.25, 0.3) is 10.9 Å². The second-order valence-corrected chi connectivity index (χ2v) is 6.24. The van der Waals surface area contributed by atoms with E-state index in [0.717, 1.165) is 11.1 Å². The minimum absolute atomic E-state index is 0.0263. The molecule has 1 atom stereocenters. The highest BCUT2D eigenvalue weighted by Crippen LogP contribution is 2.14. The molecule has 1 aromatic carbocycles. The average molecular weight is 273 g/mol. The van der Waals surface area contributed by atoms with Crippen molar-refractivity contribution >= 4 is 16.8 Å². The first kappa shape index (κ1) is 14.6. The molecule has 1 heterocycles. The molecule has 0 fully saturated rings. The van der Waals surface area contributed by atoms with Gasteiger partial charge in [0.05, 0.1) is 6.04 Å². The van der Waals surface area contributed by atoms with E-state index in [0.29, 0.717) is 6.54 Å². The number of rotatable bonds is 4. The number of aromatic nitrogens is 1. The molecule has 0 aliphatic carbocycles. The van der Waals surface area contributed by atoms with Crippen LogP contribution in [0.15, 0.2) is 30.5 Å². The Morgan fingerprint density at radius 1 is 1.30 bits per heavy atom. The minimum atomic E-state index is -0.214. The van der Waals surface area contributed by atoms with E-state index in [2.05, 4.69) is 33.8 Å². The summed E-state index contributed by atoms with van der Waals surface area (Å²) in [7, 11) is 0. The summed E-state index contributed by atoms with van der Waals surface area (Å²) in [6.07, 6.45) is 1.93. The molecule has 2 aromatic rings. The summed E-state index contributed by atoms with van der Waals surface area (Å²) >= 11 is 0. The van der Waals surface area contributed by atoms with Gasteiger partial charge in [0, 0.05) is 23.8 Å². The molecule has 2 rings (SSSR count). The maximum atomic E-state index is 12.0. The predicted octanol–water partition coefficient (Wildman–Crippen LogP) is 2.56. The van der Waals surface area contributed by atoms with Crippen molar-refractivity contribution in [1.29, 1.82) is 0 Å². The fraction of sp³-hybridized carbons (Fsp3) is 0.438. The second kappa shape index (κ2) is 5.67. The summed E-state index contributed by atoms with van der Waals surface area (Å²) in [5.74, 6) is 0.0263. The molecule has 0 aliphatic rings. The molecular weight excluding hydrogens is 250 g/mol. The Hall–Kier alpha value is -1.81. The molecule has 0 radical (unpaired) electrons. The molecular formula is C16H23N3O. The SMILES string of the molecule is CC(NCc1ccc2cc[nH]c2c1)C(=O)NC(C)(C)C. The van der Waals surface area contributed by atoms with Gasteiger partial charge in [0.25, 0.3) is 0 Å². The highest BCUT2D eigenvalue weighted by molar-refractivity contribution is 5.82. The number of benzene rings is 1. The van der Waals surface area contributed by atoms with Crippen LogP contribution < -0.4 is 10.6 Å². The molecule has 4 nitrogen and oxygen atoms in total. The normalized spacial score (nSPS) is 13.4. The van der Waals surface area contributed by atoms with Gasteiger partial charge >= 0.3 is 0 Å². The third-order valence-electron chi connectivity index (χ3n) is 3.12. The molecule has 0 saturated heterocycles. The van der Waals surface area contributed by atoms with Crippen molar-refractivity contribution in [1.82, 2.24) is 15.6 Å². The number of carbonyl (C=O) groups is 1. The lowest BCUT2D eigenvalue weighted by Gasteiger charge is -2.23. The fourth-order valence-corrected chi connectivity index (χ4v) is 2.05. The molecule has 20 heavy (non-hydrogen) atoms. The monoisotopic (exact) mass is 273 g/mol. The van der Waals surface area contributed by atoms with E-state index in [1.54, 1.807) is 0 Å². The molecule has 0 bridgehead atoms. The Bertz CT molecular complexity index is 595. The smallest absolute Gasteiger partial charge is 0.237 e. The maximum absolute atomic E-state index is 12.0. The summed E-state index contributed by atoms with van der Waals surface area (Å²) in [4.78, 5) is 15.2. The summed E-state index contributed by atoms with van der Waals surface area (Å²) in [5, 5.41) is 7.43. The molecule has 0 saturated carbocycles. The lowest BCUT2D eigenvalue weighted by atomic mass is 10.1. The number of carbonyl (C=O) groups excluding carboxylic acids is 1. The van der Waals surface area contributed by atoms with Gasteiger partial charge in [-0.25, -0.2) is 0 Å². The Morgan fingerprint density at radius 3 is 2.75 bits per heavy atom. The van der Waals surface area contributed by atoms with Crippen LogP contribution in [0.1, 0.15) is 33.3 Å². The van der Waals surface area contributed by atoms with E-state index in [1.807, 2.05) is 40.0 Å². The lowest BCUT2D eigenvalue weighted by Crippen LogP contribution is -2.49. The number of nitrogens with one attached hydrogen (secondary N) is 3. The van der Waals surface area contributed by atoms with Crippen LogP contribution in [-0.2, 0) is 11.3 Å². The summed E-state index contributed by atoms with van der Waals surface area (Å²) in [6, 6.07) is 8.11. The zero-order valence-corrected chi connectivity index (χ0v) is 12.6. The van der Waals surface area contributed by atoms with Crippen molar-refractivity contribution < 1.29 is 4.79 Å². The molecule has 1 aromatic heterocycles. The number of hydrogen-bond donors (Lipinski definition) is 3. The lowest BCUT2D eigenvalue weighted by molar-refractivity contribution is -0.124. The highest BCUT2D eigenvalue weighted by atomic mass is 16.2. The quantitative estimate of drug-likeness (QED) is 0.802. The molecule has 1 amide bonds. The van der Waals surface area contributed by atoms with Gasteiger partial charge in [-0.05, 0) is 50.8 Å². The van der Waals surface area contributed by atoms with Crippen molar-refractivity contribution in [2.24, 2.45) is 0 Å². The van der Waals surface area contributed by atoms with Crippen LogP contribution in [0, 0.1) is 0 Å². The number of H-pyrrole nitrogens is 1. The van der Waals surface area contributed by atoms with Gasteiger partial charge in [0.15, 0.2) is 0 Å². The van der Waals surface area contributed by atoms with E-state index in [4.69, 9.17) is 0 Å². The Labute approximate surface area is 120 Å². The van der Waals surface area contributed by atoms with Gasteiger partial charge in [-0.2, -0.15) is 0 Å². The summed E-state index contributed by atoms with van der Waals surface area (Å²) in [5.41, 5.74) is 2.09. The van der Waals surface area contributed by atoms with Gasteiger partial charge < -0.3 is 15.6 Å². The van der Waals surface area contributed by atoms with Crippen LogP contribution in [0.5, 0.6) is 0 Å². The van der Waals surface area contributed by atoms with Gasteiger partial charge in [0.2, 0.25) is 5.91 Å². The predicted molar refractivity (Wildman–Crippen MR) is 82.5 cm³/mol. The molecule has 108 valence electrons. The van der Waals surface area contributed by atoms with E-state index in [1.165, 1.54) is 5.39 Å². The first-order chi connectivity index (χ1) is 9.35. The number of fused-ring (bicyclic) bond motifs is 1. The Kier molecular flexibility index (Phi) is 4.14. The molecule has 0 aliphatic heterocycles. The van der Waals surface area contributed by atoms with E-state index in [-0.39, 0.29) is 17.5 Å². The van der Waals surface area contributed by atoms with Gasteiger partial charge in [-0.15, -0.1) is 0 Å². The molecule has 0 spiro atoms. The highest BCUT2D eigenvalue weighted by Gasteiger charge is 2.18. The van der Waals surface area contributed by atoms with Crippen LogP contribution in [0.2, 0.25) is 0 Å². The van der Waals surface area contributed by atoms with E-state index >= 15 is 0 Å². The molecule has 3 N–H and O–H groups in total. The number of hydrogen-bond acceptors (Lipinski definition) is 2. The van der Waals surface area contributed by atoms with Crippen LogP contribution >= 0.6 is 0 Å². The van der Waals surface area contributed by atoms with Crippen LogP contribution in [0.3, 0.4) is 0 Å². The zero-order valence-electron chi connectivity index (χ0n) is 12.6. The molecule has 4 heteroatoms. The average Bonchev–Trinajstić information content (AvgIpc) is 2.81. The first-order valence-corrected chi connectivity index (χ1v) is 6.96. The Morgan fingerprint density at radius 2 is 2.05 bits per heavy atom. The van der Waals surface area contributed by atoms with Crippen molar-refractivity contribution in [3.63, 3.8) is 0 Å². The van der Waals surface area contributed by atoms with Crippen molar-refractivity contribution in [3.05, 3.63) is 36.0 Å². The molecule has 1 unspecified atom stereocenters. The number of aromatic amines is 1. The largest absolute Gasteiger partial charge is 0.361 e. The van der Waals surface area contributed by atoms with E-state index < -0.39 is 0 Å². The zero-order chi connectivity index (χ0) is 14.8. The minimum Gasteiger partial charge on any atom is -0.361 e. The number of amides is 1. The maximum Gasteiger partial charge on any atom is 0.237 e. The second-order valence-electron chi connectivity index (χ2n) is 6.24. The van der Waals surface area contributed by atoms with E-state index in [9.17, 15) is 4.79 Å². The van der Waals surface area contributed by atoms with Crippen molar-refractivity contribution in [3.8, 4) is 0 Å². The summed E-state index contributed by atoms with van der Waals surface area (Å²) < 4.78 is 0.